The molecule has 0 spiro atoms. The number of hydrogen-bond acceptors (Lipinski definition) is 4. The number of rotatable bonds is 9. The van der Waals surface area contributed by atoms with Crippen molar-refractivity contribution in [3.8, 4) is 16.9 Å². The number of nitrogens with zero attached hydrogens (tertiary/aromatic N) is 1. The number of aliphatic carboxylic acids is 1. The van der Waals surface area contributed by atoms with E-state index in [2.05, 4.69) is 10.3 Å². The molecule has 38 heavy (non-hydrogen) atoms. The number of carboxylic acid groups (broad SMARTS) is 1. The van der Waals surface area contributed by atoms with Gasteiger partial charge < -0.3 is 15.2 Å². The molecular formula is C32H26N2O4. The predicted molar refractivity (Wildman–Crippen MR) is 147 cm³/mol. The highest BCUT2D eigenvalue weighted by molar-refractivity contribution is 6.02. The van der Waals surface area contributed by atoms with Gasteiger partial charge in [0.1, 0.15) is 18.4 Å². The van der Waals surface area contributed by atoms with Crippen molar-refractivity contribution in [2.45, 2.75) is 19.1 Å². The van der Waals surface area contributed by atoms with E-state index in [9.17, 15) is 14.7 Å². The maximum atomic E-state index is 13.1. The molecule has 188 valence electrons. The van der Waals surface area contributed by atoms with Crippen LogP contribution in [-0.2, 0) is 17.8 Å². The lowest BCUT2D eigenvalue weighted by molar-refractivity contribution is -0.139. The average Bonchev–Trinajstić information content (AvgIpc) is 2.96. The second-order valence-corrected chi connectivity index (χ2v) is 8.91. The highest BCUT2D eigenvalue weighted by atomic mass is 16.5. The monoisotopic (exact) mass is 502 g/mol. The van der Waals surface area contributed by atoms with Crippen LogP contribution in [0.15, 0.2) is 115 Å². The third-order valence-electron chi connectivity index (χ3n) is 6.27. The van der Waals surface area contributed by atoms with Crippen LogP contribution < -0.4 is 10.1 Å². The Morgan fingerprint density at radius 2 is 1.50 bits per heavy atom. The number of carboxylic acids is 1. The van der Waals surface area contributed by atoms with Gasteiger partial charge in [-0.15, -0.1) is 0 Å². The maximum absolute atomic E-state index is 13.1. The van der Waals surface area contributed by atoms with Gasteiger partial charge in [0, 0.05) is 17.4 Å². The van der Waals surface area contributed by atoms with E-state index in [1.165, 1.54) is 0 Å². The Morgan fingerprint density at radius 1 is 0.789 bits per heavy atom. The second-order valence-electron chi connectivity index (χ2n) is 8.91. The van der Waals surface area contributed by atoms with Crippen LogP contribution in [0.4, 0.5) is 0 Å². The zero-order valence-corrected chi connectivity index (χ0v) is 20.6. The lowest BCUT2D eigenvalue weighted by Gasteiger charge is -2.17. The Kier molecular flexibility index (Phi) is 7.41. The fourth-order valence-electron chi connectivity index (χ4n) is 4.29. The van der Waals surface area contributed by atoms with Crippen LogP contribution in [0.25, 0.3) is 22.0 Å². The number of para-hydroxylation sites is 1. The first-order chi connectivity index (χ1) is 18.6. The molecule has 1 aromatic heterocycles. The van der Waals surface area contributed by atoms with Crippen molar-refractivity contribution in [2.24, 2.45) is 0 Å². The van der Waals surface area contributed by atoms with Crippen molar-refractivity contribution in [3.63, 3.8) is 0 Å². The molecule has 1 unspecified atom stereocenters. The molecule has 2 N–H and O–H groups in total. The van der Waals surface area contributed by atoms with E-state index in [-0.39, 0.29) is 6.42 Å². The molecule has 0 aliphatic rings. The molecule has 0 radical (unpaired) electrons. The van der Waals surface area contributed by atoms with Crippen LogP contribution in [0.5, 0.6) is 5.75 Å². The minimum atomic E-state index is -1.10. The highest BCUT2D eigenvalue weighted by Crippen LogP contribution is 2.24. The maximum Gasteiger partial charge on any atom is 0.326 e. The summed E-state index contributed by atoms with van der Waals surface area (Å²) < 4.78 is 5.88. The van der Waals surface area contributed by atoms with E-state index in [0.717, 1.165) is 33.3 Å². The van der Waals surface area contributed by atoms with E-state index in [0.29, 0.717) is 17.9 Å². The van der Waals surface area contributed by atoms with Gasteiger partial charge in [-0.25, -0.2) is 9.78 Å². The first-order valence-electron chi connectivity index (χ1n) is 12.3. The number of nitrogens with one attached hydrogen (secondary N) is 1. The van der Waals surface area contributed by atoms with Crippen LogP contribution in [0.3, 0.4) is 0 Å². The number of fused-ring (bicyclic) bond motifs is 1. The topological polar surface area (TPSA) is 88.5 Å². The predicted octanol–water partition coefficient (Wildman–Crippen LogP) is 5.91. The van der Waals surface area contributed by atoms with Gasteiger partial charge in [0.15, 0.2) is 0 Å². The van der Waals surface area contributed by atoms with Gasteiger partial charge in [0.05, 0.1) is 11.2 Å². The van der Waals surface area contributed by atoms with Gasteiger partial charge in [-0.1, -0.05) is 84.9 Å². The SMILES string of the molecule is O=C(NC(Cc1ccc(OCc2ccc3ccccc3n2)cc1)C(=O)O)c1ccccc1-c1ccccc1. The molecule has 0 fully saturated rings. The van der Waals surface area contributed by atoms with Crippen LogP contribution in [-0.4, -0.2) is 28.0 Å². The molecular weight excluding hydrogens is 476 g/mol. The number of carbonyl (C=O) groups is 2. The molecule has 1 amide bonds. The van der Waals surface area contributed by atoms with Crippen molar-refractivity contribution in [2.75, 3.05) is 0 Å². The number of ether oxygens (including phenoxy) is 1. The summed E-state index contributed by atoms with van der Waals surface area (Å²) in [6.45, 7) is 0.318. The van der Waals surface area contributed by atoms with E-state index in [1.807, 2.05) is 91.0 Å². The van der Waals surface area contributed by atoms with Crippen molar-refractivity contribution in [1.29, 1.82) is 0 Å². The zero-order chi connectivity index (χ0) is 26.3. The molecule has 1 heterocycles. The van der Waals surface area contributed by atoms with E-state index in [1.54, 1.807) is 24.3 Å². The summed E-state index contributed by atoms with van der Waals surface area (Å²) >= 11 is 0. The summed E-state index contributed by atoms with van der Waals surface area (Å²) in [7, 11) is 0. The van der Waals surface area contributed by atoms with E-state index < -0.39 is 17.9 Å². The fourth-order valence-corrected chi connectivity index (χ4v) is 4.29. The Morgan fingerprint density at radius 3 is 2.29 bits per heavy atom. The second kappa shape index (κ2) is 11.4. The molecule has 5 aromatic rings. The summed E-state index contributed by atoms with van der Waals surface area (Å²) in [5.41, 5.74) is 4.56. The average molecular weight is 503 g/mol. The van der Waals surface area contributed by atoms with Crippen LogP contribution >= 0.6 is 0 Å². The number of amides is 1. The van der Waals surface area contributed by atoms with Crippen molar-refractivity contribution in [3.05, 3.63) is 132 Å². The van der Waals surface area contributed by atoms with Crippen LogP contribution in [0, 0.1) is 0 Å². The third kappa shape index (κ3) is 5.87. The number of hydrogen-bond donors (Lipinski definition) is 2. The molecule has 0 aliphatic heterocycles. The minimum absolute atomic E-state index is 0.140. The van der Waals surface area contributed by atoms with Gasteiger partial charge in [-0.05, 0) is 47.0 Å². The standard InChI is InChI=1S/C32H26N2O4/c35-31(28-12-6-5-11-27(28)23-8-2-1-3-9-23)34-30(32(36)37)20-22-14-18-26(19-15-22)38-21-25-17-16-24-10-4-7-13-29(24)33-25/h1-19,30H,20-21H2,(H,34,35)(H,36,37). The minimum Gasteiger partial charge on any atom is -0.487 e. The van der Waals surface area contributed by atoms with Crippen molar-refractivity contribution in [1.82, 2.24) is 10.3 Å². The summed E-state index contributed by atoms with van der Waals surface area (Å²) in [6, 6.07) is 34.7. The van der Waals surface area contributed by atoms with Crippen molar-refractivity contribution < 1.29 is 19.4 Å². The van der Waals surface area contributed by atoms with Gasteiger partial charge >= 0.3 is 5.97 Å². The zero-order valence-electron chi connectivity index (χ0n) is 20.6. The molecule has 0 saturated carbocycles. The van der Waals surface area contributed by atoms with Gasteiger partial charge in [0.25, 0.3) is 5.91 Å². The number of carbonyl (C=O) groups excluding carboxylic acids is 1. The molecule has 5 rings (SSSR count). The van der Waals surface area contributed by atoms with E-state index >= 15 is 0 Å². The lowest BCUT2D eigenvalue weighted by atomic mass is 9.98. The summed E-state index contributed by atoms with van der Waals surface area (Å²) in [5, 5.41) is 13.6. The largest absolute Gasteiger partial charge is 0.487 e. The number of benzene rings is 4. The first kappa shape index (κ1) is 24.7. The Bertz CT molecular complexity index is 1570. The molecule has 0 saturated heterocycles. The first-order valence-corrected chi connectivity index (χ1v) is 12.3. The Labute approximate surface area is 220 Å². The Hall–Kier alpha value is -4.97. The number of aromatic nitrogens is 1. The fraction of sp³-hybridized carbons (Fsp3) is 0.0938. The molecule has 1 atom stereocenters. The molecule has 0 aliphatic carbocycles. The molecule has 6 nitrogen and oxygen atoms in total. The summed E-state index contributed by atoms with van der Waals surface area (Å²) in [4.78, 5) is 29.7. The molecule has 4 aromatic carbocycles. The van der Waals surface area contributed by atoms with Crippen LogP contribution in [0.1, 0.15) is 21.6 Å². The quantitative estimate of drug-likeness (QED) is 0.262. The molecule has 0 bridgehead atoms. The van der Waals surface area contributed by atoms with Gasteiger partial charge in [0.2, 0.25) is 0 Å². The van der Waals surface area contributed by atoms with Gasteiger partial charge in [-0.2, -0.15) is 0 Å². The Balaban J connectivity index is 1.23. The summed E-state index contributed by atoms with van der Waals surface area (Å²) in [5.74, 6) is -0.880. The lowest BCUT2D eigenvalue weighted by Crippen LogP contribution is -2.42. The van der Waals surface area contributed by atoms with Gasteiger partial charge in [-0.3, -0.25) is 4.79 Å². The third-order valence-corrected chi connectivity index (χ3v) is 6.27. The van der Waals surface area contributed by atoms with Crippen LogP contribution in [0.2, 0.25) is 0 Å². The van der Waals surface area contributed by atoms with Crippen molar-refractivity contribution >= 4 is 22.8 Å². The highest BCUT2D eigenvalue weighted by Gasteiger charge is 2.22. The van der Waals surface area contributed by atoms with E-state index in [4.69, 9.17) is 4.74 Å². The smallest absolute Gasteiger partial charge is 0.326 e. The summed E-state index contributed by atoms with van der Waals surface area (Å²) in [6.07, 6.45) is 0.140. The normalized spacial score (nSPS) is 11.6. The number of pyridine rings is 1. The molecule has 6 heteroatoms.